The van der Waals surface area contributed by atoms with Crippen LogP contribution in [0.25, 0.3) is 0 Å². The minimum absolute atomic E-state index is 0.279. The van der Waals surface area contributed by atoms with E-state index >= 15 is 0 Å². The van der Waals surface area contributed by atoms with Crippen molar-refractivity contribution in [3.63, 3.8) is 0 Å². The number of piperidine rings is 1. The highest BCUT2D eigenvalue weighted by atomic mass is 16.5. The first-order valence-corrected chi connectivity index (χ1v) is 8.51. The molecule has 1 heterocycles. The Bertz CT molecular complexity index is 286. The molecule has 1 aliphatic carbocycles. The lowest BCUT2D eigenvalue weighted by molar-refractivity contribution is -0.110. The largest absolute Gasteiger partial charge is 0.375 e. The number of likely N-dealkylation sites (tertiary alicyclic amines) is 1. The Kier molecular flexibility index (Phi) is 5.49. The maximum Gasteiger partial charge on any atom is 0.0608 e. The molecular formula is C17H34N2O. The highest BCUT2D eigenvalue weighted by molar-refractivity contribution is 4.92. The van der Waals surface area contributed by atoms with Crippen molar-refractivity contribution in [1.29, 1.82) is 0 Å². The average molecular weight is 282 g/mol. The number of ether oxygens (including phenoxy) is 1. The van der Waals surface area contributed by atoms with E-state index < -0.39 is 0 Å². The molecule has 0 amide bonds. The molecular weight excluding hydrogens is 248 g/mol. The van der Waals surface area contributed by atoms with Gasteiger partial charge in [0.1, 0.15) is 0 Å². The molecule has 3 heteroatoms. The summed E-state index contributed by atoms with van der Waals surface area (Å²) in [5.41, 5.74) is 0.279. The minimum Gasteiger partial charge on any atom is -0.375 e. The van der Waals surface area contributed by atoms with E-state index in [9.17, 15) is 0 Å². The van der Waals surface area contributed by atoms with Gasteiger partial charge in [-0.1, -0.05) is 6.92 Å². The molecule has 20 heavy (non-hydrogen) atoms. The number of hydrogen-bond donors (Lipinski definition) is 0. The first kappa shape index (κ1) is 16.3. The van der Waals surface area contributed by atoms with Crippen molar-refractivity contribution in [2.45, 2.75) is 83.6 Å². The molecule has 0 radical (unpaired) electrons. The van der Waals surface area contributed by atoms with Crippen LogP contribution in [0.5, 0.6) is 0 Å². The predicted octanol–water partition coefficient (Wildman–Crippen LogP) is 3.14. The van der Waals surface area contributed by atoms with E-state index in [1.54, 1.807) is 0 Å². The number of nitrogens with zero attached hydrogens (tertiary/aromatic N) is 2. The van der Waals surface area contributed by atoms with Crippen LogP contribution >= 0.6 is 0 Å². The minimum atomic E-state index is 0.279. The van der Waals surface area contributed by atoms with Crippen LogP contribution in [-0.4, -0.2) is 60.3 Å². The summed E-state index contributed by atoms with van der Waals surface area (Å²) < 4.78 is 6.29. The summed E-state index contributed by atoms with van der Waals surface area (Å²) in [7, 11) is 2.25. The topological polar surface area (TPSA) is 15.7 Å². The quantitative estimate of drug-likeness (QED) is 0.770. The van der Waals surface area contributed by atoms with Gasteiger partial charge >= 0.3 is 0 Å². The van der Waals surface area contributed by atoms with E-state index in [0.29, 0.717) is 12.2 Å². The van der Waals surface area contributed by atoms with Crippen LogP contribution in [0.1, 0.15) is 59.8 Å². The first-order valence-electron chi connectivity index (χ1n) is 8.51. The van der Waals surface area contributed by atoms with Gasteiger partial charge in [-0.15, -0.1) is 0 Å². The van der Waals surface area contributed by atoms with Crippen LogP contribution in [0.15, 0.2) is 0 Å². The molecule has 2 fully saturated rings. The molecule has 0 spiro atoms. The fraction of sp³-hybridized carbons (Fsp3) is 1.00. The van der Waals surface area contributed by atoms with E-state index in [1.165, 1.54) is 51.7 Å². The van der Waals surface area contributed by atoms with Gasteiger partial charge in [0.25, 0.3) is 0 Å². The standard InChI is InChI=1S/C17H34N2O/c1-6-9-19-10-7-15(8-11-19)20-16-12-14(13-16)18(5)17(2,3)4/h14-16H,6-13H2,1-5H3/t14-,16-. The van der Waals surface area contributed by atoms with Gasteiger partial charge in [0, 0.05) is 24.7 Å². The monoisotopic (exact) mass is 282 g/mol. The summed E-state index contributed by atoms with van der Waals surface area (Å²) in [5, 5.41) is 0. The fourth-order valence-electron chi connectivity index (χ4n) is 3.37. The van der Waals surface area contributed by atoms with Crippen LogP contribution < -0.4 is 0 Å². The molecule has 1 saturated heterocycles. The third-order valence-corrected chi connectivity index (χ3v) is 5.14. The van der Waals surface area contributed by atoms with E-state index in [-0.39, 0.29) is 5.54 Å². The second kappa shape index (κ2) is 6.76. The van der Waals surface area contributed by atoms with Crippen molar-refractivity contribution in [3.8, 4) is 0 Å². The van der Waals surface area contributed by atoms with Gasteiger partial charge in [-0.3, -0.25) is 4.90 Å². The lowest BCUT2D eigenvalue weighted by Gasteiger charge is -2.48. The first-order chi connectivity index (χ1) is 9.40. The molecule has 0 atom stereocenters. The third-order valence-electron chi connectivity index (χ3n) is 5.14. The van der Waals surface area contributed by atoms with Crippen molar-refractivity contribution in [2.24, 2.45) is 0 Å². The van der Waals surface area contributed by atoms with Crippen LogP contribution in [0, 0.1) is 0 Å². The molecule has 3 nitrogen and oxygen atoms in total. The van der Waals surface area contributed by atoms with Gasteiger partial charge in [-0.25, -0.2) is 0 Å². The van der Waals surface area contributed by atoms with Crippen LogP contribution in [0.3, 0.4) is 0 Å². The van der Waals surface area contributed by atoms with E-state index in [0.717, 1.165) is 6.04 Å². The van der Waals surface area contributed by atoms with Crippen molar-refractivity contribution in [3.05, 3.63) is 0 Å². The fourth-order valence-corrected chi connectivity index (χ4v) is 3.37. The molecule has 1 saturated carbocycles. The van der Waals surface area contributed by atoms with Gasteiger partial charge in [-0.2, -0.15) is 0 Å². The Labute approximate surface area is 125 Å². The zero-order chi connectivity index (χ0) is 14.8. The Morgan fingerprint density at radius 1 is 1.10 bits per heavy atom. The van der Waals surface area contributed by atoms with Crippen molar-refractivity contribution >= 4 is 0 Å². The third kappa shape index (κ3) is 4.19. The molecule has 118 valence electrons. The van der Waals surface area contributed by atoms with Gasteiger partial charge in [-0.05, 0) is 66.5 Å². The van der Waals surface area contributed by atoms with Crippen LogP contribution in [0.2, 0.25) is 0 Å². The van der Waals surface area contributed by atoms with Crippen molar-refractivity contribution in [1.82, 2.24) is 9.80 Å². The predicted molar refractivity (Wildman–Crippen MR) is 85.2 cm³/mol. The van der Waals surface area contributed by atoms with Crippen LogP contribution in [-0.2, 0) is 4.74 Å². The van der Waals surface area contributed by atoms with Crippen molar-refractivity contribution < 1.29 is 4.74 Å². The SMILES string of the molecule is CCCN1CCC(O[C@H]2C[C@H](N(C)C(C)(C)C)C2)CC1. The Morgan fingerprint density at radius 2 is 1.70 bits per heavy atom. The van der Waals surface area contributed by atoms with E-state index in [1.807, 2.05) is 0 Å². The molecule has 0 aromatic carbocycles. The zero-order valence-corrected chi connectivity index (χ0v) is 14.2. The summed E-state index contributed by atoms with van der Waals surface area (Å²) in [4.78, 5) is 5.09. The van der Waals surface area contributed by atoms with Crippen molar-refractivity contribution in [2.75, 3.05) is 26.7 Å². The van der Waals surface area contributed by atoms with Crippen LogP contribution in [0.4, 0.5) is 0 Å². The van der Waals surface area contributed by atoms with E-state index in [2.05, 4.69) is 44.5 Å². The molecule has 0 bridgehead atoms. The molecule has 2 aliphatic rings. The van der Waals surface area contributed by atoms with Gasteiger partial charge in [0.15, 0.2) is 0 Å². The molecule has 2 rings (SSSR count). The summed E-state index contributed by atoms with van der Waals surface area (Å²) in [6.07, 6.45) is 7.23. The smallest absolute Gasteiger partial charge is 0.0608 e. The summed E-state index contributed by atoms with van der Waals surface area (Å²) in [6.45, 7) is 12.9. The summed E-state index contributed by atoms with van der Waals surface area (Å²) >= 11 is 0. The number of hydrogen-bond acceptors (Lipinski definition) is 3. The average Bonchev–Trinajstić information content (AvgIpc) is 2.34. The Hall–Kier alpha value is -0.120. The molecule has 0 aromatic rings. The maximum atomic E-state index is 6.29. The van der Waals surface area contributed by atoms with Gasteiger partial charge < -0.3 is 9.64 Å². The highest BCUT2D eigenvalue weighted by Crippen LogP contribution is 2.33. The lowest BCUT2D eigenvalue weighted by atomic mass is 9.85. The van der Waals surface area contributed by atoms with Gasteiger partial charge in [0.05, 0.1) is 12.2 Å². The molecule has 0 aromatic heterocycles. The molecule has 0 N–H and O–H groups in total. The second-order valence-electron chi connectivity index (χ2n) is 7.71. The Morgan fingerprint density at radius 3 is 2.20 bits per heavy atom. The summed E-state index contributed by atoms with van der Waals surface area (Å²) in [5.74, 6) is 0. The molecule has 1 aliphatic heterocycles. The zero-order valence-electron chi connectivity index (χ0n) is 14.2. The second-order valence-corrected chi connectivity index (χ2v) is 7.71. The maximum absolute atomic E-state index is 6.29. The normalized spacial score (nSPS) is 29.7. The lowest BCUT2D eigenvalue weighted by Crippen LogP contribution is -2.54. The van der Waals surface area contributed by atoms with Gasteiger partial charge in [0.2, 0.25) is 0 Å². The Balaban J connectivity index is 1.64. The number of rotatable bonds is 5. The highest BCUT2D eigenvalue weighted by Gasteiger charge is 2.38. The van der Waals surface area contributed by atoms with E-state index in [4.69, 9.17) is 4.74 Å². The molecule has 0 unspecified atom stereocenters. The summed E-state index contributed by atoms with van der Waals surface area (Å²) in [6, 6.07) is 0.722.